The van der Waals surface area contributed by atoms with Crippen molar-refractivity contribution < 1.29 is 0 Å². The summed E-state index contributed by atoms with van der Waals surface area (Å²) in [6, 6.07) is 0. The Balaban J connectivity index is 2.68. The number of rotatable bonds is 0. The third-order valence-corrected chi connectivity index (χ3v) is 5.35. The molecule has 3 aromatic rings. The Labute approximate surface area is 105 Å². The minimum absolute atomic E-state index is 1.05. The van der Waals surface area contributed by atoms with Gasteiger partial charge in [-0.3, -0.25) is 4.98 Å². The minimum atomic E-state index is 1.05. The molecule has 0 aliphatic carbocycles. The minimum Gasteiger partial charge on any atom is -0.253 e. The van der Waals surface area contributed by atoms with Gasteiger partial charge in [-0.05, 0) is 37.2 Å². The number of nitrogens with zero attached hydrogens (tertiary/aromatic N) is 1. The van der Waals surface area contributed by atoms with E-state index in [0.29, 0.717) is 0 Å². The average molecular weight is 349 g/mol. The van der Waals surface area contributed by atoms with Crippen LogP contribution in [-0.2, 0) is 0 Å². The first kappa shape index (κ1) is 9.27. The van der Waals surface area contributed by atoms with E-state index < -0.39 is 0 Å². The zero-order valence-corrected chi connectivity index (χ0v) is 11.6. The van der Waals surface area contributed by atoms with Gasteiger partial charge >= 0.3 is 0 Å². The van der Waals surface area contributed by atoms with Crippen molar-refractivity contribution in [3.05, 3.63) is 24.5 Å². The molecule has 70 valence electrons. The summed E-state index contributed by atoms with van der Waals surface area (Å²) in [6.45, 7) is 0. The lowest BCUT2D eigenvalue weighted by Gasteiger charge is -1.93. The molecule has 0 saturated carbocycles. The number of thiophene rings is 2. The van der Waals surface area contributed by atoms with E-state index in [4.69, 9.17) is 0 Å². The first-order valence-corrected chi connectivity index (χ1v) is 7.20. The van der Waals surface area contributed by atoms with Crippen LogP contribution in [0.4, 0.5) is 0 Å². The fourth-order valence-electron chi connectivity index (χ4n) is 1.46. The maximum absolute atomic E-state index is 4.44. The van der Waals surface area contributed by atoms with Gasteiger partial charge in [-0.25, -0.2) is 0 Å². The van der Waals surface area contributed by atoms with Crippen LogP contribution >= 0.6 is 54.5 Å². The van der Waals surface area contributed by atoms with Crippen molar-refractivity contribution in [1.82, 2.24) is 4.98 Å². The summed E-state index contributed by atoms with van der Waals surface area (Å²) in [6.07, 6.45) is 1.93. The molecule has 14 heavy (non-hydrogen) atoms. The second-order valence-corrected chi connectivity index (χ2v) is 7.27. The molecule has 3 rings (SSSR count). The molecule has 3 heterocycles. The summed E-state index contributed by atoms with van der Waals surface area (Å²) >= 11 is 10.5. The van der Waals surface area contributed by atoms with Gasteiger partial charge < -0.3 is 0 Å². The number of aromatic nitrogens is 1. The molecule has 3 aromatic heterocycles. The fourth-order valence-corrected chi connectivity index (χ4v) is 5.30. The molecule has 0 bridgehead atoms. The number of halogens is 2. The molecule has 1 nitrogen and oxygen atoms in total. The second-order valence-electron chi connectivity index (χ2n) is 2.87. The topological polar surface area (TPSA) is 12.9 Å². The van der Waals surface area contributed by atoms with Crippen molar-refractivity contribution in [3.8, 4) is 0 Å². The molecule has 0 aliphatic rings. The number of fused-ring (bicyclic) bond motifs is 3. The van der Waals surface area contributed by atoms with Gasteiger partial charge in [0.05, 0.1) is 13.1 Å². The maximum Gasteiger partial charge on any atom is 0.0973 e. The van der Waals surface area contributed by atoms with E-state index in [1.165, 1.54) is 16.2 Å². The lowest BCUT2D eigenvalue weighted by atomic mass is 10.2. The van der Waals surface area contributed by atoms with Crippen LogP contribution in [0.1, 0.15) is 0 Å². The maximum atomic E-state index is 4.44. The summed E-state index contributed by atoms with van der Waals surface area (Å²) in [5, 5.41) is 8.02. The van der Waals surface area contributed by atoms with Crippen LogP contribution in [0.2, 0.25) is 0 Å². The van der Waals surface area contributed by atoms with Gasteiger partial charge in [0.1, 0.15) is 0 Å². The van der Waals surface area contributed by atoms with E-state index in [1.807, 2.05) is 6.20 Å². The Morgan fingerprint density at radius 3 is 2.86 bits per heavy atom. The molecule has 0 N–H and O–H groups in total. The molecule has 0 radical (unpaired) electrons. The van der Waals surface area contributed by atoms with E-state index >= 15 is 0 Å². The van der Waals surface area contributed by atoms with Gasteiger partial charge in [-0.15, -0.1) is 11.3 Å². The number of hydrogen-bond donors (Lipinski definition) is 0. The summed E-state index contributed by atoms with van der Waals surface area (Å²) in [4.78, 5) is 4.44. The summed E-state index contributed by atoms with van der Waals surface area (Å²) < 4.78 is 2.24. The molecule has 0 aromatic carbocycles. The highest BCUT2D eigenvalue weighted by Gasteiger charge is 2.12. The second kappa shape index (κ2) is 3.27. The average Bonchev–Trinajstić information content (AvgIpc) is 2.71. The van der Waals surface area contributed by atoms with Crippen LogP contribution in [0.25, 0.3) is 21.7 Å². The van der Waals surface area contributed by atoms with Crippen molar-refractivity contribution in [2.24, 2.45) is 0 Å². The Kier molecular flexibility index (Phi) is 2.16. The zero-order chi connectivity index (χ0) is 9.71. The van der Waals surface area contributed by atoms with E-state index in [2.05, 4.69) is 47.6 Å². The third-order valence-electron chi connectivity index (χ3n) is 2.09. The van der Waals surface area contributed by atoms with Crippen molar-refractivity contribution in [1.29, 1.82) is 0 Å². The molecule has 0 atom stereocenters. The van der Waals surface area contributed by atoms with Gasteiger partial charge in [-0.2, -0.15) is 11.3 Å². The van der Waals surface area contributed by atoms with Crippen LogP contribution in [-0.4, -0.2) is 4.98 Å². The first-order valence-electron chi connectivity index (χ1n) is 3.86. The van der Waals surface area contributed by atoms with Gasteiger partial charge in [0.25, 0.3) is 0 Å². The predicted octanol–water partition coefficient (Wildman–Crippen LogP) is 5.04. The quantitative estimate of drug-likeness (QED) is 0.554. The predicted molar refractivity (Wildman–Crippen MR) is 70.4 cm³/mol. The SMILES string of the molecule is Brc1sc(Br)c2c1ncc1cscc12. The van der Waals surface area contributed by atoms with Crippen molar-refractivity contribution >= 4 is 76.2 Å². The van der Waals surface area contributed by atoms with Crippen molar-refractivity contribution in [2.75, 3.05) is 0 Å². The molecule has 0 saturated heterocycles. The molecule has 0 fully saturated rings. The van der Waals surface area contributed by atoms with Gasteiger partial charge in [-0.1, -0.05) is 0 Å². The smallest absolute Gasteiger partial charge is 0.0973 e. The Morgan fingerprint density at radius 2 is 2.00 bits per heavy atom. The van der Waals surface area contributed by atoms with E-state index in [9.17, 15) is 0 Å². The van der Waals surface area contributed by atoms with Crippen LogP contribution in [0.15, 0.2) is 24.5 Å². The highest BCUT2D eigenvalue weighted by atomic mass is 79.9. The molecular formula is C9H3Br2NS2. The zero-order valence-electron chi connectivity index (χ0n) is 6.75. The number of pyridine rings is 1. The molecule has 5 heteroatoms. The van der Waals surface area contributed by atoms with Crippen molar-refractivity contribution in [3.63, 3.8) is 0 Å². The van der Waals surface area contributed by atoms with Crippen LogP contribution in [0, 0.1) is 0 Å². The summed E-state index contributed by atoms with van der Waals surface area (Å²) in [7, 11) is 0. The van der Waals surface area contributed by atoms with Crippen LogP contribution < -0.4 is 0 Å². The Bertz CT molecular complexity index is 626. The molecule has 0 aliphatic heterocycles. The van der Waals surface area contributed by atoms with E-state index in [0.717, 1.165) is 13.1 Å². The highest BCUT2D eigenvalue weighted by molar-refractivity contribution is 9.12. The lowest BCUT2D eigenvalue weighted by Crippen LogP contribution is -1.74. The van der Waals surface area contributed by atoms with Gasteiger partial charge in [0.2, 0.25) is 0 Å². The standard InChI is InChI=1S/C9H3Br2NS2/c10-8-6-5-3-13-2-4(5)1-12-7(6)9(11)14-8/h1-3H. The fraction of sp³-hybridized carbons (Fsp3) is 0. The lowest BCUT2D eigenvalue weighted by molar-refractivity contribution is 1.46. The summed E-state index contributed by atoms with van der Waals surface area (Å²) in [5.41, 5.74) is 1.05. The van der Waals surface area contributed by atoms with E-state index in [-0.39, 0.29) is 0 Å². The normalized spacial score (nSPS) is 11.6. The third kappa shape index (κ3) is 1.19. The Morgan fingerprint density at radius 1 is 1.14 bits per heavy atom. The first-order chi connectivity index (χ1) is 6.77. The molecular weight excluding hydrogens is 346 g/mol. The monoisotopic (exact) mass is 347 g/mol. The van der Waals surface area contributed by atoms with Gasteiger partial charge in [0, 0.05) is 27.7 Å². The highest BCUT2D eigenvalue weighted by Crippen LogP contribution is 2.41. The Hall–Kier alpha value is 0.0300. The van der Waals surface area contributed by atoms with Gasteiger partial charge in [0.15, 0.2) is 0 Å². The van der Waals surface area contributed by atoms with Crippen LogP contribution in [0.5, 0.6) is 0 Å². The molecule has 0 spiro atoms. The summed E-state index contributed by atoms with van der Waals surface area (Å²) in [5.74, 6) is 0. The largest absolute Gasteiger partial charge is 0.253 e. The number of hydrogen-bond acceptors (Lipinski definition) is 3. The molecule has 0 unspecified atom stereocenters. The van der Waals surface area contributed by atoms with E-state index in [1.54, 1.807) is 22.7 Å². The van der Waals surface area contributed by atoms with Crippen LogP contribution in [0.3, 0.4) is 0 Å². The molecule has 0 amide bonds. The van der Waals surface area contributed by atoms with Crippen molar-refractivity contribution in [2.45, 2.75) is 0 Å².